The monoisotopic (exact) mass is 303 g/mol. The molecule has 0 amide bonds. The van der Waals surface area contributed by atoms with Gasteiger partial charge in [0.25, 0.3) is 0 Å². The molecule has 3 nitrogen and oxygen atoms in total. The predicted octanol–water partition coefficient (Wildman–Crippen LogP) is 3.73. The van der Waals surface area contributed by atoms with Crippen LogP contribution in [0, 0.1) is 0 Å². The van der Waals surface area contributed by atoms with E-state index in [9.17, 15) is 4.79 Å². The molecule has 0 aromatic heterocycles. The third-order valence-corrected chi connectivity index (χ3v) is 3.33. The minimum Gasteiger partial charge on any atom is -0.465 e. The minimum absolute atomic E-state index is 0.282. The lowest BCUT2D eigenvalue weighted by Gasteiger charge is -2.18. The molecule has 0 radical (unpaired) electrons. The first kappa shape index (κ1) is 15.5. The summed E-state index contributed by atoms with van der Waals surface area (Å²) in [5.74, 6) is -0.282. The maximum absolute atomic E-state index is 12.1. The molecule has 0 aliphatic heterocycles. The van der Waals surface area contributed by atoms with Gasteiger partial charge in [0.1, 0.15) is 6.04 Å². The average Bonchev–Trinajstić information content (AvgIpc) is 2.50. The number of carbonyl (C=O) groups is 1. The SMILES string of the molecule is CCOC(=O)C(NCc1ccccc1)c1ccc(Cl)cc1. The Labute approximate surface area is 129 Å². The van der Waals surface area contributed by atoms with Crippen molar-refractivity contribution in [3.8, 4) is 0 Å². The highest BCUT2D eigenvalue weighted by molar-refractivity contribution is 6.30. The van der Waals surface area contributed by atoms with E-state index in [1.54, 1.807) is 19.1 Å². The lowest BCUT2D eigenvalue weighted by Crippen LogP contribution is -2.30. The zero-order valence-corrected chi connectivity index (χ0v) is 12.6. The van der Waals surface area contributed by atoms with Gasteiger partial charge in [0.05, 0.1) is 6.61 Å². The molecule has 2 aromatic rings. The molecule has 4 heteroatoms. The van der Waals surface area contributed by atoms with Crippen LogP contribution >= 0.6 is 11.6 Å². The molecule has 0 aliphatic rings. The smallest absolute Gasteiger partial charge is 0.327 e. The summed E-state index contributed by atoms with van der Waals surface area (Å²) in [4.78, 5) is 12.1. The van der Waals surface area contributed by atoms with Crippen molar-refractivity contribution in [2.75, 3.05) is 6.61 Å². The van der Waals surface area contributed by atoms with Crippen molar-refractivity contribution >= 4 is 17.6 Å². The molecule has 1 unspecified atom stereocenters. The zero-order valence-electron chi connectivity index (χ0n) is 11.9. The highest BCUT2D eigenvalue weighted by atomic mass is 35.5. The molecule has 0 fully saturated rings. The Kier molecular flexibility index (Phi) is 5.78. The highest BCUT2D eigenvalue weighted by Crippen LogP contribution is 2.18. The van der Waals surface area contributed by atoms with Crippen LogP contribution in [0.15, 0.2) is 54.6 Å². The van der Waals surface area contributed by atoms with Gasteiger partial charge in [-0.1, -0.05) is 54.1 Å². The quantitative estimate of drug-likeness (QED) is 0.826. The largest absolute Gasteiger partial charge is 0.465 e. The van der Waals surface area contributed by atoms with Crippen molar-refractivity contribution in [1.82, 2.24) is 5.32 Å². The average molecular weight is 304 g/mol. The van der Waals surface area contributed by atoms with E-state index in [2.05, 4.69) is 5.32 Å². The van der Waals surface area contributed by atoms with E-state index in [0.717, 1.165) is 11.1 Å². The molecule has 1 N–H and O–H groups in total. The van der Waals surface area contributed by atoms with Crippen LogP contribution in [0.1, 0.15) is 24.1 Å². The molecule has 1 atom stereocenters. The summed E-state index contributed by atoms with van der Waals surface area (Å²) in [7, 11) is 0. The van der Waals surface area contributed by atoms with Crippen LogP contribution in [0.25, 0.3) is 0 Å². The van der Waals surface area contributed by atoms with Crippen LogP contribution in [0.5, 0.6) is 0 Å². The first-order chi connectivity index (χ1) is 10.2. The standard InChI is InChI=1S/C17H18ClNO2/c1-2-21-17(20)16(14-8-10-15(18)11-9-14)19-12-13-6-4-3-5-7-13/h3-11,16,19H,2,12H2,1H3. The summed E-state index contributed by atoms with van der Waals surface area (Å²) in [6.45, 7) is 2.75. The lowest BCUT2D eigenvalue weighted by atomic mass is 10.1. The zero-order chi connectivity index (χ0) is 15.1. The third-order valence-electron chi connectivity index (χ3n) is 3.08. The predicted molar refractivity (Wildman–Crippen MR) is 84.1 cm³/mol. The Balaban J connectivity index is 2.12. The van der Waals surface area contributed by atoms with Crippen molar-refractivity contribution < 1.29 is 9.53 Å². The van der Waals surface area contributed by atoms with Gasteiger partial charge in [0, 0.05) is 11.6 Å². The third kappa shape index (κ3) is 4.59. The van der Waals surface area contributed by atoms with Crippen molar-refractivity contribution in [3.63, 3.8) is 0 Å². The first-order valence-corrected chi connectivity index (χ1v) is 7.28. The highest BCUT2D eigenvalue weighted by Gasteiger charge is 2.21. The molecule has 0 bridgehead atoms. The molecular weight excluding hydrogens is 286 g/mol. The number of ether oxygens (including phenoxy) is 1. The van der Waals surface area contributed by atoms with E-state index in [1.807, 2.05) is 42.5 Å². The van der Waals surface area contributed by atoms with Gasteiger partial charge in [-0.2, -0.15) is 0 Å². The summed E-state index contributed by atoms with van der Waals surface area (Å²) >= 11 is 5.89. The fraction of sp³-hybridized carbons (Fsp3) is 0.235. The minimum atomic E-state index is -0.498. The first-order valence-electron chi connectivity index (χ1n) is 6.90. The number of halogens is 1. The van der Waals surface area contributed by atoms with E-state index < -0.39 is 6.04 Å². The van der Waals surface area contributed by atoms with E-state index in [-0.39, 0.29) is 5.97 Å². The molecule has 21 heavy (non-hydrogen) atoms. The van der Waals surface area contributed by atoms with E-state index in [4.69, 9.17) is 16.3 Å². The van der Waals surface area contributed by atoms with E-state index in [1.165, 1.54) is 0 Å². The summed E-state index contributed by atoms with van der Waals surface area (Å²) in [5, 5.41) is 3.88. The summed E-state index contributed by atoms with van der Waals surface area (Å²) < 4.78 is 5.14. The van der Waals surface area contributed by atoms with Crippen molar-refractivity contribution in [3.05, 3.63) is 70.7 Å². The number of nitrogens with one attached hydrogen (secondary N) is 1. The van der Waals surface area contributed by atoms with Gasteiger partial charge >= 0.3 is 5.97 Å². The van der Waals surface area contributed by atoms with Crippen LogP contribution in [-0.2, 0) is 16.1 Å². The van der Waals surface area contributed by atoms with Gasteiger partial charge in [-0.3, -0.25) is 5.32 Å². The maximum atomic E-state index is 12.1. The van der Waals surface area contributed by atoms with Crippen LogP contribution in [-0.4, -0.2) is 12.6 Å². The van der Waals surface area contributed by atoms with E-state index in [0.29, 0.717) is 18.2 Å². The summed E-state index contributed by atoms with van der Waals surface area (Å²) in [6.07, 6.45) is 0. The van der Waals surface area contributed by atoms with Crippen molar-refractivity contribution in [1.29, 1.82) is 0 Å². The number of esters is 1. The van der Waals surface area contributed by atoms with Crippen LogP contribution in [0.3, 0.4) is 0 Å². The van der Waals surface area contributed by atoms with Gasteiger partial charge in [-0.05, 0) is 30.2 Å². The number of benzene rings is 2. The molecular formula is C17H18ClNO2. The second-order valence-corrected chi connectivity index (χ2v) is 5.04. The molecule has 0 saturated heterocycles. The van der Waals surface area contributed by atoms with Crippen molar-refractivity contribution in [2.24, 2.45) is 0 Å². The van der Waals surface area contributed by atoms with Gasteiger partial charge < -0.3 is 4.74 Å². The maximum Gasteiger partial charge on any atom is 0.327 e. The summed E-state index contributed by atoms with van der Waals surface area (Å²) in [5.41, 5.74) is 1.95. The molecule has 0 heterocycles. The fourth-order valence-electron chi connectivity index (χ4n) is 2.03. The normalized spacial score (nSPS) is 11.9. The molecule has 0 saturated carbocycles. The Morgan fingerprint density at radius 2 is 1.81 bits per heavy atom. The van der Waals surface area contributed by atoms with Crippen LogP contribution < -0.4 is 5.32 Å². The Hall–Kier alpha value is -1.84. The Bertz CT molecular complexity index is 569. The summed E-state index contributed by atoms with van der Waals surface area (Å²) in [6, 6.07) is 16.6. The second kappa shape index (κ2) is 7.81. The fourth-order valence-corrected chi connectivity index (χ4v) is 2.16. The Morgan fingerprint density at radius 3 is 2.43 bits per heavy atom. The molecule has 0 aliphatic carbocycles. The lowest BCUT2D eigenvalue weighted by molar-refractivity contribution is -0.145. The van der Waals surface area contributed by atoms with Gasteiger partial charge in [-0.15, -0.1) is 0 Å². The van der Waals surface area contributed by atoms with Crippen molar-refractivity contribution in [2.45, 2.75) is 19.5 Å². The number of rotatable bonds is 6. The second-order valence-electron chi connectivity index (χ2n) is 4.60. The molecule has 2 aromatic carbocycles. The Morgan fingerprint density at radius 1 is 1.14 bits per heavy atom. The van der Waals surface area contributed by atoms with E-state index >= 15 is 0 Å². The van der Waals surface area contributed by atoms with Crippen LogP contribution in [0.4, 0.5) is 0 Å². The number of carbonyl (C=O) groups excluding carboxylic acids is 1. The van der Waals surface area contributed by atoms with Gasteiger partial charge in [0.15, 0.2) is 0 Å². The molecule has 0 spiro atoms. The topological polar surface area (TPSA) is 38.3 Å². The number of hydrogen-bond acceptors (Lipinski definition) is 3. The molecule has 110 valence electrons. The molecule has 2 rings (SSSR count). The van der Waals surface area contributed by atoms with Crippen LogP contribution in [0.2, 0.25) is 5.02 Å². The van der Waals surface area contributed by atoms with Gasteiger partial charge in [0.2, 0.25) is 0 Å². The number of hydrogen-bond donors (Lipinski definition) is 1. The van der Waals surface area contributed by atoms with Gasteiger partial charge in [-0.25, -0.2) is 4.79 Å².